The van der Waals surface area contributed by atoms with Crippen molar-refractivity contribution in [2.75, 3.05) is 5.32 Å². The molecule has 0 aliphatic rings. The molecule has 28 heavy (non-hydrogen) atoms. The molecule has 0 bridgehead atoms. The summed E-state index contributed by atoms with van der Waals surface area (Å²) in [4.78, 5) is 15.8. The average molecular weight is 376 g/mol. The molecule has 0 atom stereocenters. The average Bonchev–Trinajstić information content (AvgIpc) is 3.21. The number of nitrogens with one attached hydrogen (secondary N) is 2. The van der Waals surface area contributed by atoms with Gasteiger partial charge in [-0.25, -0.2) is 14.9 Å². The van der Waals surface area contributed by atoms with E-state index in [0.29, 0.717) is 12.1 Å². The molecule has 4 aromatic rings. The molecule has 6 nitrogen and oxygen atoms in total. The molecule has 3 N–H and O–H groups in total. The number of pyridine rings is 1. The van der Waals surface area contributed by atoms with Crippen molar-refractivity contribution in [2.24, 2.45) is 0 Å². The normalized spacial score (nSPS) is 10.8. The Hall–Kier alpha value is -3.71. The zero-order chi connectivity index (χ0) is 19.5. The zero-order valence-electron chi connectivity index (χ0n) is 14.8. The van der Waals surface area contributed by atoms with Gasteiger partial charge < -0.3 is 9.72 Å². The molecule has 0 spiro atoms. The summed E-state index contributed by atoms with van der Waals surface area (Å²) in [5, 5.41) is 12.0. The Morgan fingerprint density at radius 2 is 1.82 bits per heavy atom. The second kappa shape index (κ2) is 7.50. The number of anilines is 1. The van der Waals surface area contributed by atoms with Crippen LogP contribution in [0.4, 0.5) is 10.1 Å². The van der Waals surface area contributed by atoms with Crippen LogP contribution in [0.2, 0.25) is 0 Å². The zero-order valence-corrected chi connectivity index (χ0v) is 14.8. The molecule has 1 amide bonds. The molecule has 0 unspecified atom stereocenters. The molecule has 0 fully saturated rings. The maximum absolute atomic E-state index is 13.2. The third-order valence-corrected chi connectivity index (χ3v) is 4.47. The van der Waals surface area contributed by atoms with E-state index in [1.165, 1.54) is 12.1 Å². The van der Waals surface area contributed by atoms with Crippen molar-refractivity contribution in [1.82, 2.24) is 14.9 Å². The highest BCUT2D eigenvalue weighted by Gasteiger charge is 2.08. The highest BCUT2D eigenvalue weighted by Crippen LogP contribution is 2.24. The van der Waals surface area contributed by atoms with Gasteiger partial charge in [0, 0.05) is 41.9 Å². The van der Waals surface area contributed by atoms with Gasteiger partial charge in [-0.3, -0.25) is 10.0 Å². The van der Waals surface area contributed by atoms with Crippen LogP contribution in [-0.4, -0.2) is 20.5 Å². The Morgan fingerprint density at radius 3 is 2.54 bits per heavy atom. The number of imidazole rings is 1. The third-order valence-electron chi connectivity index (χ3n) is 4.47. The van der Waals surface area contributed by atoms with Gasteiger partial charge in [-0.15, -0.1) is 0 Å². The van der Waals surface area contributed by atoms with Gasteiger partial charge in [-0.05, 0) is 53.6 Å². The van der Waals surface area contributed by atoms with E-state index in [9.17, 15) is 9.18 Å². The lowest BCUT2D eigenvalue weighted by atomic mass is 10.1. The summed E-state index contributed by atoms with van der Waals surface area (Å²) < 4.78 is 15.2. The molecule has 4 rings (SSSR count). The lowest BCUT2D eigenvalue weighted by Crippen LogP contribution is -2.18. The Balaban J connectivity index is 1.60. The van der Waals surface area contributed by atoms with Gasteiger partial charge in [0.05, 0.1) is 0 Å². The number of benzene rings is 2. The van der Waals surface area contributed by atoms with Crippen molar-refractivity contribution in [3.63, 3.8) is 0 Å². The number of carbonyl (C=O) groups excluding carboxylic acids is 1. The maximum atomic E-state index is 13.2. The monoisotopic (exact) mass is 376 g/mol. The molecule has 0 aliphatic carbocycles. The summed E-state index contributed by atoms with van der Waals surface area (Å²) in [6.07, 6.45) is 5.56. The van der Waals surface area contributed by atoms with Crippen molar-refractivity contribution < 1.29 is 14.4 Å². The van der Waals surface area contributed by atoms with Crippen LogP contribution in [0.1, 0.15) is 15.9 Å². The fourth-order valence-electron chi connectivity index (χ4n) is 3.04. The predicted molar refractivity (Wildman–Crippen MR) is 104 cm³/mol. The van der Waals surface area contributed by atoms with E-state index in [1.54, 1.807) is 48.1 Å². The quantitative estimate of drug-likeness (QED) is 0.365. The topological polar surface area (TPSA) is 78.7 Å². The summed E-state index contributed by atoms with van der Waals surface area (Å²) >= 11 is 0. The molecule has 0 saturated carbocycles. The highest BCUT2D eigenvalue weighted by molar-refractivity contribution is 5.93. The summed E-state index contributed by atoms with van der Waals surface area (Å²) in [7, 11) is 0. The first-order chi connectivity index (χ1) is 13.6. The molecule has 0 saturated heterocycles. The van der Waals surface area contributed by atoms with Crippen LogP contribution in [-0.2, 0) is 6.54 Å². The molecular weight excluding hydrogens is 359 g/mol. The number of hydroxylamine groups is 1. The van der Waals surface area contributed by atoms with Crippen molar-refractivity contribution >= 4 is 17.2 Å². The number of hydrogen-bond donors (Lipinski definition) is 3. The van der Waals surface area contributed by atoms with Gasteiger partial charge in [0.15, 0.2) is 0 Å². The van der Waals surface area contributed by atoms with E-state index in [4.69, 9.17) is 5.21 Å². The van der Waals surface area contributed by atoms with Crippen LogP contribution in [0.15, 0.2) is 73.2 Å². The van der Waals surface area contributed by atoms with Crippen LogP contribution < -0.4 is 10.8 Å². The summed E-state index contributed by atoms with van der Waals surface area (Å²) in [5.74, 6) is -0.828. The van der Waals surface area contributed by atoms with E-state index in [2.05, 4.69) is 10.3 Å². The van der Waals surface area contributed by atoms with Gasteiger partial charge >= 0.3 is 0 Å². The number of nitrogens with zero attached hydrogens (tertiary/aromatic N) is 2. The SMILES string of the molecule is O=C(NO)c1ccc(NCc2cc(-c3ccc(F)cc3)cn3ccnc23)cc1. The van der Waals surface area contributed by atoms with Gasteiger partial charge in [-0.2, -0.15) is 0 Å². The smallest absolute Gasteiger partial charge is 0.274 e. The van der Waals surface area contributed by atoms with Crippen LogP contribution in [0.5, 0.6) is 0 Å². The van der Waals surface area contributed by atoms with Crippen molar-refractivity contribution in [3.8, 4) is 11.1 Å². The summed E-state index contributed by atoms with van der Waals surface area (Å²) in [6.45, 7) is 0.515. The van der Waals surface area contributed by atoms with Gasteiger partial charge in [0.25, 0.3) is 5.91 Å². The molecule has 0 aliphatic heterocycles. The minimum Gasteiger partial charge on any atom is -0.381 e. The van der Waals surface area contributed by atoms with E-state index >= 15 is 0 Å². The molecular formula is C21H17FN4O2. The maximum Gasteiger partial charge on any atom is 0.274 e. The van der Waals surface area contributed by atoms with E-state index in [1.807, 2.05) is 22.9 Å². The van der Waals surface area contributed by atoms with Crippen molar-refractivity contribution in [3.05, 3.63) is 90.1 Å². The first-order valence-electron chi connectivity index (χ1n) is 8.64. The number of carbonyl (C=O) groups is 1. The van der Waals surface area contributed by atoms with Crippen LogP contribution in [0.25, 0.3) is 16.8 Å². The van der Waals surface area contributed by atoms with Crippen LogP contribution >= 0.6 is 0 Å². The number of halogens is 1. The van der Waals surface area contributed by atoms with Crippen molar-refractivity contribution in [1.29, 1.82) is 0 Å². The summed E-state index contributed by atoms with van der Waals surface area (Å²) in [6, 6.07) is 15.2. The first-order valence-corrected chi connectivity index (χ1v) is 8.64. The van der Waals surface area contributed by atoms with E-state index in [0.717, 1.165) is 28.0 Å². The largest absolute Gasteiger partial charge is 0.381 e. The number of rotatable bonds is 5. The van der Waals surface area contributed by atoms with E-state index < -0.39 is 5.91 Å². The molecule has 7 heteroatoms. The van der Waals surface area contributed by atoms with Crippen LogP contribution in [0, 0.1) is 5.82 Å². The predicted octanol–water partition coefficient (Wildman–Crippen LogP) is 3.87. The Bertz CT molecular complexity index is 1120. The second-order valence-electron chi connectivity index (χ2n) is 6.29. The standard InChI is InChI=1S/C21H17FN4O2/c22-18-5-1-14(2-6-18)17-11-16(20-23-9-10-26(20)13-17)12-24-19-7-3-15(4-8-19)21(27)25-28/h1-11,13,24,28H,12H2,(H,25,27). The lowest BCUT2D eigenvalue weighted by molar-refractivity contribution is 0.0706. The number of hydrogen-bond acceptors (Lipinski definition) is 4. The Labute approximate surface area is 160 Å². The number of fused-ring (bicyclic) bond motifs is 1. The van der Waals surface area contributed by atoms with Gasteiger partial charge in [-0.1, -0.05) is 12.1 Å². The van der Waals surface area contributed by atoms with Crippen LogP contribution in [0.3, 0.4) is 0 Å². The number of aromatic nitrogens is 2. The highest BCUT2D eigenvalue weighted by atomic mass is 19.1. The lowest BCUT2D eigenvalue weighted by Gasteiger charge is -2.11. The number of amides is 1. The Kier molecular flexibility index (Phi) is 4.74. The third kappa shape index (κ3) is 3.56. The molecule has 0 radical (unpaired) electrons. The van der Waals surface area contributed by atoms with Gasteiger partial charge in [0.2, 0.25) is 0 Å². The van der Waals surface area contributed by atoms with Crippen molar-refractivity contribution in [2.45, 2.75) is 6.54 Å². The molecule has 2 aromatic heterocycles. The molecule has 2 aromatic carbocycles. The minimum atomic E-state index is -0.558. The fourth-order valence-corrected chi connectivity index (χ4v) is 3.04. The minimum absolute atomic E-state index is 0.271. The summed E-state index contributed by atoms with van der Waals surface area (Å²) in [5.41, 5.74) is 6.47. The van der Waals surface area contributed by atoms with Gasteiger partial charge in [0.1, 0.15) is 11.5 Å². The van der Waals surface area contributed by atoms with E-state index in [-0.39, 0.29) is 5.82 Å². The molecule has 140 valence electrons. The molecule has 2 heterocycles. The first kappa shape index (κ1) is 17.7. The second-order valence-corrected chi connectivity index (χ2v) is 6.29. The Morgan fingerprint density at radius 1 is 1.07 bits per heavy atom. The fraction of sp³-hybridized carbons (Fsp3) is 0.0476.